The zero-order valence-corrected chi connectivity index (χ0v) is 33.7. The first-order valence-electron chi connectivity index (χ1n) is 20.0. The zero-order chi connectivity index (χ0) is 40.2. The first-order chi connectivity index (χ1) is 29.7. The Labute approximate surface area is 349 Å². The average Bonchev–Trinajstić information content (AvgIpc) is 3.32. The molecule has 7 nitrogen and oxygen atoms in total. The van der Waals surface area contributed by atoms with Crippen molar-refractivity contribution in [1.82, 2.24) is 9.97 Å². The molecule has 8 aromatic rings. The largest absolute Gasteiger partial charge is 0.458 e. The maximum Gasteiger partial charge on any atom is 0.260 e. The van der Waals surface area contributed by atoms with Gasteiger partial charge in [0, 0.05) is 41.8 Å². The molecule has 4 heterocycles. The summed E-state index contributed by atoms with van der Waals surface area (Å²) in [6, 6.07) is 58.6. The highest BCUT2D eigenvalue weighted by atomic mass is 28.3. The predicted octanol–water partition coefficient (Wildman–Crippen LogP) is 6.67. The SMILES string of the molecule is C=N/C=C\C(=N/C)c1ccc2c(c1)[Si](c1ccccc1)(c1ccccc1)c1cc(-c3ccncn3)ccc1N2c1ccc2c3c1Oc1ccccc1B3c1ccccc1O2. The molecule has 0 spiro atoms. The summed E-state index contributed by atoms with van der Waals surface area (Å²) >= 11 is 0. The van der Waals surface area contributed by atoms with Crippen molar-refractivity contribution in [3.05, 3.63) is 194 Å². The van der Waals surface area contributed by atoms with Crippen LogP contribution in [-0.2, 0) is 0 Å². The van der Waals surface area contributed by atoms with E-state index in [4.69, 9.17) is 19.5 Å². The minimum atomic E-state index is -3.16. The van der Waals surface area contributed by atoms with E-state index in [1.165, 1.54) is 20.7 Å². The van der Waals surface area contributed by atoms with E-state index >= 15 is 0 Å². The number of aromatic nitrogens is 2. The van der Waals surface area contributed by atoms with Crippen molar-refractivity contribution in [1.29, 1.82) is 0 Å². The molecule has 7 aromatic carbocycles. The molecule has 0 atom stereocenters. The number of benzene rings is 7. The third-order valence-corrected chi connectivity index (χ3v) is 16.8. The third kappa shape index (κ3) is 5.36. The molecule has 1 aromatic heterocycles. The lowest BCUT2D eigenvalue weighted by Gasteiger charge is -2.46. The number of ether oxygens (including phenoxy) is 2. The minimum absolute atomic E-state index is 0.0771. The van der Waals surface area contributed by atoms with Gasteiger partial charge in [-0.3, -0.25) is 9.98 Å². The maximum absolute atomic E-state index is 7.12. The molecule has 0 amide bonds. The molecule has 3 aliphatic heterocycles. The normalized spacial score (nSPS) is 14.2. The molecule has 0 saturated carbocycles. The van der Waals surface area contributed by atoms with Crippen molar-refractivity contribution in [2.75, 3.05) is 11.9 Å². The lowest BCUT2D eigenvalue weighted by molar-refractivity contribution is 0.465. The fraction of sp³-hybridized carbons (Fsp3) is 0.0196. The predicted molar refractivity (Wildman–Crippen MR) is 248 cm³/mol. The standard InChI is InChI=1S/C51H36BN5O2Si/c1-53-29-27-40(54-2)34-21-23-42-48(31-34)60(36-13-5-3-6-14-36,37-15-7-4-8-16-37)49-32-35(41-28-30-55-33-56-41)22-24-43(49)57(42)44-25-26-47-50-51(44)59-46-20-12-10-18-39(46)52(50)38-17-9-11-19-45(38)58-47/h3-33H,1H2,2H3/b29-27-,54-40+. The van der Waals surface area contributed by atoms with Crippen molar-refractivity contribution in [2.24, 2.45) is 9.98 Å². The van der Waals surface area contributed by atoms with E-state index in [0.717, 1.165) is 79.0 Å². The van der Waals surface area contributed by atoms with E-state index in [9.17, 15) is 0 Å². The molecular formula is C51H36BN5O2Si. The summed E-state index contributed by atoms with van der Waals surface area (Å²) in [6.45, 7) is 3.62. The van der Waals surface area contributed by atoms with Crippen LogP contribution in [0.1, 0.15) is 5.56 Å². The van der Waals surface area contributed by atoms with E-state index in [-0.39, 0.29) is 6.71 Å². The Balaban J connectivity index is 1.26. The number of fused-ring (bicyclic) bond motifs is 6. The van der Waals surface area contributed by atoms with Crippen molar-refractivity contribution in [3.8, 4) is 34.3 Å². The second-order valence-corrected chi connectivity index (χ2v) is 18.8. The number of hydrogen-bond donors (Lipinski definition) is 0. The van der Waals surface area contributed by atoms with Crippen molar-refractivity contribution in [2.45, 2.75) is 0 Å². The molecule has 0 bridgehead atoms. The van der Waals surface area contributed by atoms with Crippen LogP contribution in [0.15, 0.2) is 199 Å². The lowest BCUT2D eigenvalue weighted by Crippen LogP contribution is -2.77. The van der Waals surface area contributed by atoms with Gasteiger partial charge in [0.1, 0.15) is 29.3 Å². The van der Waals surface area contributed by atoms with Crippen LogP contribution in [0.2, 0.25) is 0 Å². The fourth-order valence-corrected chi connectivity index (χ4v) is 14.7. The van der Waals surface area contributed by atoms with Crippen LogP contribution in [-0.4, -0.2) is 44.2 Å². The first kappa shape index (κ1) is 35.5. The molecule has 0 fully saturated rings. The Morgan fingerprint density at radius 3 is 1.97 bits per heavy atom. The second-order valence-electron chi connectivity index (χ2n) is 15.0. The molecular weight excluding hydrogens is 753 g/mol. The van der Waals surface area contributed by atoms with Gasteiger partial charge in [0.25, 0.3) is 6.71 Å². The lowest BCUT2D eigenvalue weighted by atomic mass is 9.35. The Morgan fingerprint density at radius 2 is 1.30 bits per heavy atom. The highest BCUT2D eigenvalue weighted by molar-refractivity contribution is 7.21. The highest BCUT2D eigenvalue weighted by Crippen LogP contribution is 2.47. The fourth-order valence-electron chi connectivity index (χ4n) is 9.51. The number of aliphatic imine (C=N–C) groups is 2. The molecule has 0 saturated heterocycles. The number of para-hydroxylation sites is 2. The van der Waals surface area contributed by atoms with Crippen LogP contribution in [0.4, 0.5) is 17.1 Å². The molecule has 9 heteroatoms. The van der Waals surface area contributed by atoms with Gasteiger partial charge in [0.05, 0.1) is 17.1 Å². The monoisotopic (exact) mass is 789 g/mol. The van der Waals surface area contributed by atoms with Gasteiger partial charge in [-0.15, -0.1) is 0 Å². The van der Waals surface area contributed by atoms with Crippen LogP contribution >= 0.6 is 0 Å². The maximum atomic E-state index is 7.12. The van der Waals surface area contributed by atoms with Gasteiger partial charge in [-0.2, -0.15) is 0 Å². The van der Waals surface area contributed by atoms with E-state index in [2.05, 4.69) is 167 Å². The van der Waals surface area contributed by atoms with Crippen molar-refractivity contribution < 1.29 is 9.47 Å². The topological polar surface area (TPSA) is 72.2 Å². The zero-order valence-electron chi connectivity index (χ0n) is 32.7. The van der Waals surface area contributed by atoms with Gasteiger partial charge < -0.3 is 14.4 Å². The van der Waals surface area contributed by atoms with Crippen LogP contribution in [0.25, 0.3) is 11.3 Å². The van der Waals surface area contributed by atoms with Crippen LogP contribution in [0, 0.1) is 0 Å². The molecule has 3 aliphatic rings. The average molecular weight is 790 g/mol. The summed E-state index contributed by atoms with van der Waals surface area (Å²) in [4.78, 5) is 20.2. The van der Waals surface area contributed by atoms with E-state index in [0.29, 0.717) is 0 Å². The smallest absolute Gasteiger partial charge is 0.260 e. The Morgan fingerprint density at radius 1 is 0.667 bits per heavy atom. The molecule has 11 rings (SSSR count). The van der Waals surface area contributed by atoms with Crippen LogP contribution in [0.3, 0.4) is 0 Å². The number of nitrogens with zero attached hydrogens (tertiary/aromatic N) is 5. The number of rotatable bonds is 7. The second kappa shape index (κ2) is 14.3. The first-order valence-corrected chi connectivity index (χ1v) is 22.0. The summed E-state index contributed by atoms with van der Waals surface area (Å²) in [6.07, 6.45) is 7.03. The summed E-state index contributed by atoms with van der Waals surface area (Å²) in [5.74, 6) is 3.26. The van der Waals surface area contributed by atoms with Gasteiger partial charge >= 0.3 is 0 Å². The van der Waals surface area contributed by atoms with Crippen molar-refractivity contribution in [3.63, 3.8) is 0 Å². The van der Waals surface area contributed by atoms with E-state index in [1.54, 1.807) is 18.7 Å². The number of hydrogen-bond acceptors (Lipinski definition) is 7. The van der Waals surface area contributed by atoms with Crippen molar-refractivity contribution >= 4 is 81.4 Å². The summed E-state index contributed by atoms with van der Waals surface area (Å²) in [5.41, 5.74) is 9.96. The van der Waals surface area contributed by atoms with E-state index < -0.39 is 8.07 Å². The van der Waals surface area contributed by atoms with Gasteiger partial charge in [-0.25, -0.2) is 9.97 Å². The third-order valence-electron chi connectivity index (χ3n) is 12.0. The Kier molecular flexibility index (Phi) is 8.49. The summed E-state index contributed by atoms with van der Waals surface area (Å²) in [7, 11) is -1.34. The number of allylic oxidation sites excluding steroid dienone is 1. The molecule has 284 valence electrons. The van der Waals surface area contributed by atoms with Crippen LogP contribution in [0.5, 0.6) is 23.0 Å². The van der Waals surface area contributed by atoms with E-state index in [1.807, 2.05) is 31.3 Å². The molecule has 60 heavy (non-hydrogen) atoms. The summed E-state index contributed by atoms with van der Waals surface area (Å²) < 4.78 is 13.8. The van der Waals surface area contributed by atoms with Crippen LogP contribution < -0.4 is 51.5 Å². The molecule has 0 N–H and O–H groups in total. The number of anilines is 3. The van der Waals surface area contributed by atoms with Gasteiger partial charge in [-0.1, -0.05) is 121 Å². The van der Waals surface area contributed by atoms with Gasteiger partial charge in [-0.05, 0) is 92.5 Å². The molecule has 0 unspecified atom stereocenters. The quantitative estimate of drug-likeness (QED) is 0.134. The van der Waals surface area contributed by atoms with Gasteiger partial charge in [0.2, 0.25) is 0 Å². The molecule has 0 radical (unpaired) electrons. The van der Waals surface area contributed by atoms with Gasteiger partial charge in [0.15, 0.2) is 8.07 Å². The molecule has 0 aliphatic carbocycles. The highest BCUT2D eigenvalue weighted by Gasteiger charge is 2.50. The minimum Gasteiger partial charge on any atom is -0.458 e. The Bertz CT molecular complexity index is 3000. The Hall–Kier alpha value is -7.62. The summed E-state index contributed by atoms with van der Waals surface area (Å²) in [5, 5.41) is 4.95.